The van der Waals surface area contributed by atoms with Gasteiger partial charge in [0, 0.05) is 11.4 Å². The smallest absolute Gasteiger partial charge is 0.262 e. The normalized spacial score (nSPS) is 16.3. The molecule has 0 saturated heterocycles. The van der Waals surface area contributed by atoms with Gasteiger partial charge in [-0.3, -0.25) is 9.69 Å². The summed E-state index contributed by atoms with van der Waals surface area (Å²) in [6, 6.07) is 18.9. The lowest BCUT2D eigenvalue weighted by Gasteiger charge is -2.38. The van der Waals surface area contributed by atoms with E-state index in [1.165, 1.54) is 41.3 Å². The van der Waals surface area contributed by atoms with Gasteiger partial charge in [-0.15, -0.1) is 0 Å². The number of fused-ring (bicyclic) bond motifs is 1. The lowest BCUT2D eigenvalue weighted by molar-refractivity contribution is 0.0975. The van der Waals surface area contributed by atoms with Crippen LogP contribution in [0.4, 0.5) is 20.2 Å². The second-order valence-electron chi connectivity index (χ2n) is 5.80. The number of nitrogens with one attached hydrogen (secondary N) is 1. The molecule has 4 rings (SSSR count). The van der Waals surface area contributed by atoms with Crippen LogP contribution in [0.1, 0.15) is 22.1 Å². The largest absolute Gasteiger partial charge is 0.360 e. The van der Waals surface area contributed by atoms with E-state index in [9.17, 15) is 13.6 Å². The Morgan fingerprint density at radius 2 is 1.60 bits per heavy atom. The van der Waals surface area contributed by atoms with E-state index in [-0.39, 0.29) is 17.5 Å². The van der Waals surface area contributed by atoms with E-state index in [1.54, 1.807) is 24.3 Å². The van der Waals surface area contributed by atoms with Gasteiger partial charge in [-0.25, -0.2) is 8.78 Å². The van der Waals surface area contributed by atoms with Gasteiger partial charge >= 0.3 is 0 Å². The van der Waals surface area contributed by atoms with Gasteiger partial charge in [0.15, 0.2) is 0 Å². The third-order valence-corrected chi connectivity index (χ3v) is 4.20. The predicted octanol–water partition coefficient (Wildman–Crippen LogP) is 4.74. The summed E-state index contributed by atoms with van der Waals surface area (Å²) in [5.41, 5.74) is 2.33. The van der Waals surface area contributed by atoms with E-state index < -0.39 is 6.17 Å². The molecule has 1 aliphatic rings. The molecule has 3 aromatic rings. The standard InChI is InChI=1S/C20H14F2N2O/c21-14-8-10-16(11-9-14)24-19(13-4-3-5-15(22)12-13)23-18-7-2-1-6-17(18)20(24)25/h1-12,19,23H. The maximum Gasteiger partial charge on any atom is 0.262 e. The molecule has 1 aliphatic heterocycles. The van der Waals surface area contributed by atoms with E-state index in [0.717, 1.165) is 0 Å². The molecule has 1 atom stereocenters. The molecule has 1 unspecified atom stereocenters. The first-order valence-corrected chi connectivity index (χ1v) is 7.83. The van der Waals surface area contributed by atoms with Crippen LogP contribution in [0.2, 0.25) is 0 Å². The quantitative estimate of drug-likeness (QED) is 0.733. The van der Waals surface area contributed by atoms with Gasteiger partial charge in [0.2, 0.25) is 0 Å². The Balaban J connectivity index is 1.87. The Morgan fingerprint density at radius 3 is 2.36 bits per heavy atom. The number of rotatable bonds is 2. The van der Waals surface area contributed by atoms with Gasteiger partial charge in [-0.2, -0.15) is 0 Å². The minimum atomic E-state index is -0.594. The minimum Gasteiger partial charge on any atom is -0.360 e. The highest BCUT2D eigenvalue weighted by molar-refractivity contribution is 6.12. The maximum atomic E-state index is 13.7. The molecule has 0 bridgehead atoms. The third-order valence-electron chi connectivity index (χ3n) is 4.20. The van der Waals surface area contributed by atoms with Crippen molar-refractivity contribution < 1.29 is 13.6 Å². The number of para-hydroxylation sites is 1. The van der Waals surface area contributed by atoms with Crippen LogP contribution in [0.3, 0.4) is 0 Å². The number of benzene rings is 3. The van der Waals surface area contributed by atoms with E-state index >= 15 is 0 Å². The van der Waals surface area contributed by atoms with Crippen molar-refractivity contribution in [2.24, 2.45) is 0 Å². The van der Waals surface area contributed by atoms with Crippen LogP contribution < -0.4 is 10.2 Å². The minimum absolute atomic E-state index is 0.227. The first-order chi connectivity index (χ1) is 12.1. The second-order valence-corrected chi connectivity index (χ2v) is 5.80. The fraction of sp³-hybridized carbons (Fsp3) is 0.0500. The second kappa shape index (κ2) is 6.02. The molecule has 5 heteroatoms. The molecule has 0 spiro atoms. The van der Waals surface area contributed by atoms with Gasteiger partial charge in [-0.1, -0.05) is 24.3 Å². The van der Waals surface area contributed by atoms with Gasteiger partial charge in [0.05, 0.1) is 5.56 Å². The van der Waals surface area contributed by atoms with Crippen LogP contribution in [0, 0.1) is 11.6 Å². The zero-order chi connectivity index (χ0) is 17.4. The molecule has 0 aromatic heterocycles. The van der Waals surface area contributed by atoms with Crippen LogP contribution >= 0.6 is 0 Å². The van der Waals surface area contributed by atoms with Crippen molar-refractivity contribution in [1.82, 2.24) is 0 Å². The highest BCUT2D eigenvalue weighted by atomic mass is 19.1. The molecular formula is C20H14F2N2O. The predicted molar refractivity (Wildman–Crippen MR) is 92.4 cm³/mol. The summed E-state index contributed by atoms with van der Waals surface area (Å²) in [5.74, 6) is -0.997. The average Bonchev–Trinajstić information content (AvgIpc) is 2.63. The monoisotopic (exact) mass is 336 g/mol. The Bertz CT molecular complexity index is 940. The first kappa shape index (κ1) is 15.3. The van der Waals surface area contributed by atoms with Crippen LogP contribution in [0.15, 0.2) is 72.8 Å². The summed E-state index contributed by atoms with van der Waals surface area (Å²) in [5, 5.41) is 3.28. The molecule has 1 amide bonds. The van der Waals surface area contributed by atoms with Gasteiger partial charge in [0.25, 0.3) is 5.91 Å². The highest BCUT2D eigenvalue weighted by Crippen LogP contribution is 2.36. The number of hydrogen-bond acceptors (Lipinski definition) is 2. The lowest BCUT2D eigenvalue weighted by Crippen LogP contribution is -2.43. The van der Waals surface area contributed by atoms with Gasteiger partial charge in [0.1, 0.15) is 17.8 Å². The molecule has 0 saturated carbocycles. The van der Waals surface area contributed by atoms with E-state index in [1.807, 2.05) is 12.1 Å². The molecule has 0 aliphatic carbocycles. The number of anilines is 2. The van der Waals surface area contributed by atoms with Crippen LogP contribution in [-0.4, -0.2) is 5.91 Å². The Kier molecular flexibility index (Phi) is 3.69. The number of hydrogen-bond donors (Lipinski definition) is 1. The van der Waals surface area contributed by atoms with Crippen LogP contribution in [0.25, 0.3) is 0 Å². The Labute approximate surface area is 143 Å². The van der Waals surface area contributed by atoms with E-state index in [2.05, 4.69) is 5.32 Å². The van der Waals surface area contributed by atoms with Crippen molar-refractivity contribution in [2.45, 2.75) is 6.17 Å². The molecule has 3 nitrogen and oxygen atoms in total. The zero-order valence-electron chi connectivity index (χ0n) is 13.1. The fourth-order valence-electron chi connectivity index (χ4n) is 3.03. The van der Waals surface area contributed by atoms with Crippen molar-refractivity contribution in [3.05, 3.63) is 95.6 Å². The molecule has 25 heavy (non-hydrogen) atoms. The molecule has 0 fully saturated rings. The number of halogens is 2. The average molecular weight is 336 g/mol. The summed E-state index contributed by atoms with van der Waals surface area (Å²) in [6.45, 7) is 0. The summed E-state index contributed by atoms with van der Waals surface area (Å²) in [7, 11) is 0. The molecule has 124 valence electrons. The highest BCUT2D eigenvalue weighted by Gasteiger charge is 2.34. The first-order valence-electron chi connectivity index (χ1n) is 7.83. The maximum absolute atomic E-state index is 13.7. The van der Waals surface area contributed by atoms with E-state index in [0.29, 0.717) is 22.5 Å². The molecule has 0 radical (unpaired) electrons. The Hall–Kier alpha value is -3.21. The lowest BCUT2D eigenvalue weighted by atomic mass is 10.0. The number of nitrogens with zero attached hydrogens (tertiary/aromatic N) is 1. The third kappa shape index (κ3) is 2.74. The summed E-state index contributed by atoms with van der Waals surface area (Å²) in [6.07, 6.45) is -0.594. The SMILES string of the molecule is O=C1c2ccccc2NC(c2cccc(F)c2)N1c1ccc(F)cc1. The topological polar surface area (TPSA) is 32.3 Å². The van der Waals surface area contributed by atoms with Crippen molar-refractivity contribution >= 4 is 17.3 Å². The van der Waals surface area contributed by atoms with Crippen molar-refractivity contribution in [2.75, 3.05) is 10.2 Å². The summed E-state index contributed by atoms with van der Waals surface area (Å²) < 4.78 is 27.0. The van der Waals surface area contributed by atoms with Crippen molar-refractivity contribution in [3.63, 3.8) is 0 Å². The van der Waals surface area contributed by atoms with Crippen LogP contribution in [-0.2, 0) is 0 Å². The van der Waals surface area contributed by atoms with Crippen LogP contribution in [0.5, 0.6) is 0 Å². The summed E-state index contributed by atoms with van der Waals surface area (Å²) >= 11 is 0. The molecule has 1 heterocycles. The summed E-state index contributed by atoms with van der Waals surface area (Å²) in [4.78, 5) is 14.6. The van der Waals surface area contributed by atoms with Crippen molar-refractivity contribution in [1.29, 1.82) is 0 Å². The van der Waals surface area contributed by atoms with Gasteiger partial charge < -0.3 is 5.32 Å². The molecule has 1 N–H and O–H groups in total. The number of amides is 1. The van der Waals surface area contributed by atoms with Crippen molar-refractivity contribution in [3.8, 4) is 0 Å². The zero-order valence-corrected chi connectivity index (χ0v) is 13.1. The van der Waals surface area contributed by atoms with E-state index in [4.69, 9.17) is 0 Å². The number of carbonyl (C=O) groups is 1. The van der Waals surface area contributed by atoms with Gasteiger partial charge in [-0.05, 0) is 54.1 Å². The molecular weight excluding hydrogens is 322 g/mol. The molecule has 3 aromatic carbocycles. The Morgan fingerprint density at radius 1 is 0.840 bits per heavy atom. The number of carbonyl (C=O) groups excluding carboxylic acids is 1. The fourth-order valence-corrected chi connectivity index (χ4v) is 3.03.